The quantitative estimate of drug-likeness (QED) is 0.704. The highest BCUT2D eigenvalue weighted by Gasteiger charge is 2.32. The van der Waals surface area contributed by atoms with Crippen LogP contribution in [0.5, 0.6) is 5.75 Å². The van der Waals surface area contributed by atoms with E-state index in [2.05, 4.69) is 4.74 Å². The van der Waals surface area contributed by atoms with Gasteiger partial charge in [-0.05, 0) is 41.0 Å². The molecule has 0 saturated carbocycles. The maximum Gasteiger partial charge on any atom is 0.573 e. The minimum atomic E-state index is -4.85. The van der Waals surface area contributed by atoms with Crippen LogP contribution in [-0.2, 0) is 12.6 Å². The molecule has 0 saturated heterocycles. The molecule has 0 fully saturated rings. The van der Waals surface area contributed by atoms with Crippen LogP contribution in [0.2, 0.25) is 0 Å². The highest BCUT2D eigenvalue weighted by molar-refractivity contribution is 5.66. The molecule has 0 amide bonds. The Labute approximate surface area is 132 Å². The second kappa shape index (κ2) is 6.43. The van der Waals surface area contributed by atoms with Gasteiger partial charge >= 0.3 is 12.5 Å². The van der Waals surface area contributed by atoms with E-state index in [1.165, 1.54) is 18.2 Å². The molecule has 0 aromatic heterocycles. The van der Waals surface area contributed by atoms with E-state index < -0.39 is 23.9 Å². The first-order valence-electron chi connectivity index (χ1n) is 6.53. The van der Waals surface area contributed by atoms with Gasteiger partial charge in [-0.2, -0.15) is 18.4 Å². The molecule has 0 aliphatic carbocycles. The van der Waals surface area contributed by atoms with E-state index >= 15 is 0 Å². The number of hydrogen-bond acceptors (Lipinski definition) is 2. The van der Waals surface area contributed by atoms with Gasteiger partial charge in [-0.15, -0.1) is 13.2 Å². The minimum Gasteiger partial charge on any atom is -0.406 e. The molecule has 2 aromatic carbocycles. The van der Waals surface area contributed by atoms with Crippen molar-refractivity contribution in [2.75, 3.05) is 0 Å². The maximum absolute atomic E-state index is 12.9. The van der Waals surface area contributed by atoms with Crippen LogP contribution in [0.1, 0.15) is 11.1 Å². The number of rotatable bonds is 3. The normalized spacial score (nSPS) is 11.9. The zero-order valence-electron chi connectivity index (χ0n) is 11.9. The van der Waals surface area contributed by atoms with Crippen molar-refractivity contribution in [3.8, 4) is 22.9 Å². The van der Waals surface area contributed by atoms with Gasteiger partial charge in [0.25, 0.3) is 0 Å². The molecule has 2 rings (SSSR count). The van der Waals surface area contributed by atoms with Crippen molar-refractivity contribution in [3.05, 3.63) is 53.6 Å². The summed E-state index contributed by atoms with van der Waals surface area (Å²) >= 11 is 0. The summed E-state index contributed by atoms with van der Waals surface area (Å²) in [5, 5.41) is 8.67. The van der Waals surface area contributed by atoms with Crippen molar-refractivity contribution in [2.24, 2.45) is 0 Å². The molecule has 0 bridgehead atoms. The predicted octanol–water partition coefficient (Wildman–Crippen LogP) is 5.34. The maximum atomic E-state index is 12.9. The van der Waals surface area contributed by atoms with Crippen LogP contribution in [0, 0.1) is 11.3 Å². The Morgan fingerprint density at radius 2 is 1.50 bits per heavy atom. The third-order valence-corrected chi connectivity index (χ3v) is 3.02. The Morgan fingerprint density at radius 1 is 0.875 bits per heavy atom. The van der Waals surface area contributed by atoms with Gasteiger partial charge in [0, 0.05) is 0 Å². The van der Waals surface area contributed by atoms with Gasteiger partial charge in [0.05, 0.1) is 18.1 Å². The van der Waals surface area contributed by atoms with E-state index in [-0.39, 0.29) is 23.1 Å². The lowest BCUT2D eigenvalue weighted by Gasteiger charge is -2.12. The second-order valence-electron chi connectivity index (χ2n) is 4.82. The monoisotopic (exact) mass is 345 g/mol. The Kier molecular flexibility index (Phi) is 4.73. The fourth-order valence-electron chi connectivity index (χ4n) is 2.06. The molecule has 0 spiro atoms. The largest absolute Gasteiger partial charge is 0.573 e. The minimum absolute atomic E-state index is 0.147. The van der Waals surface area contributed by atoms with E-state index in [0.717, 1.165) is 24.3 Å². The predicted molar refractivity (Wildman–Crippen MR) is 72.9 cm³/mol. The average Bonchev–Trinajstić information content (AvgIpc) is 2.45. The van der Waals surface area contributed by atoms with E-state index in [4.69, 9.17) is 5.26 Å². The highest BCUT2D eigenvalue weighted by Crippen LogP contribution is 2.34. The fourth-order valence-corrected chi connectivity index (χ4v) is 2.06. The number of nitriles is 1. The molecular formula is C16H9F6NO. The molecule has 0 heterocycles. The third kappa shape index (κ3) is 4.65. The van der Waals surface area contributed by atoms with Gasteiger partial charge in [0.2, 0.25) is 0 Å². The van der Waals surface area contributed by atoms with Crippen molar-refractivity contribution < 1.29 is 31.1 Å². The molecule has 0 atom stereocenters. The standard InChI is InChI=1S/C16H9F6NO/c17-15(18,19)13-8-10(5-6-23)7-12(9-13)11-1-3-14(4-2-11)24-16(20,21)22/h1-4,7-9H,5H2. The summed E-state index contributed by atoms with van der Waals surface area (Å²) in [5.41, 5.74) is -0.345. The topological polar surface area (TPSA) is 33.0 Å². The number of ether oxygens (including phenoxy) is 1. The zero-order chi connectivity index (χ0) is 18.0. The van der Waals surface area contributed by atoms with Gasteiger partial charge in [-0.3, -0.25) is 0 Å². The van der Waals surface area contributed by atoms with Gasteiger partial charge < -0.3 is 4.74 Å². The SMILES string of the molecule is N#CCc1cc(-c2ccc(OC(F)(F)F)cc2)cc(C(F)(F)F)c1. The number of hydrogen-bond donors (Lipinski definition) is 0. The van der Waals surface area contributed by atoms with Crippen molar-refractivity contribution >= 4 is 0 Å². The van der Waals surface area contributed by atoms with Crippen LogP contribution in [0.4, 0.5) is 26.3 Å². The first kappa shape index (κ1) is 17.7. The summed E-state index contributed by atoms with van der Waals surface area (Å²) < 4.78 is 78.8. The lowest BCUT2D eigenvalue weighted by Crippen LogP contribution is -2.16. The van der Waals surface area contributed by atoms with Crippen LogP contribution in [0.25, 0.3) is 11.1 Å². The van der Waals surface area contributed by atoms with E-state index in [0.29, 0.717) is 0 Å². The molecule has 0 aliphatic rings. The second-order valence-corrected chi connectivity index (χ2v) is 4.82. The first-order chi connectivity index (χ1) is 11.1. The lowest BCUT2D eigenvalue weighted by atomic mass is 9.98. The molecule has 2 aromatic rings. The van der Waals surface area contributed by atoms with E-state index in [1.807, 2.05) is 0 Å². The van der Waals surface area contributed by atoms with Gasteiger partial charge in [0.1, 0.15) is 5.75 Å². The molecule has 2 nitrogen and oxygen atoms in total. The number of halogens is 6. The molecule has 0 unspecified atom stereocenters. The lowest BCUT2D eigenvalue weighted by molar-refractivity contribution is -0.274. The first-order valence-corrected chi connectivity index (χ1v) is 6.53. The van der Waals surface area contributed by atoms with Crippen LogP contribution in [0.3, 0.4) is 0 Å². The van der Waals surface area contributed by atoms with Crippen LogP contribution >= 0.6 is 0 Å². The third-order valence-electron chi connectivity index (χ3n) is 3.02. The summed E-state index contributed by atoms with van der Waals surface area (Å²) in [7, 11) is 0. The Hall–Kier alpha value is -2.69. The highest BCUT2D eigenvalue weighted by atomic mass is 19.4. The fraction of sp³-hybridized carbons (Fsp3) is 0.188. The molecule has 24 heavy (non-hydrogen) atoms. The number of benzene rings is 2. The average molecular weight is 345 g/mol. The zero-order valence-corrected chi connectivity index (χ0v) is 11.9. The summed E-state index contributed by atoms with van der Waals surface area (Å²) in [4.78, 5) is 0. The Balaban J connectivity index is 2.40. The van der Waals surface area contributed by atoms with Crippen molar-refractivity contribution in [1.82, 2.24) is 0 Å². The van der Waals surface area contributed by atoms with Crippen LogP contribution in [0.15, 0.2) is 42.5 Å². The summed E-state index contributed by atoms with van der Waals surface area (Å²) in [6, 6.07) is 9.34. The molecular weight excluding hydrogens is 336 g/mol. The summed E-state index contributed by atoms with van der Waals surface area (Å²) in [5.74, 6) is -0.476. The van der Waals surface area contributed by atoms with E-state index in [1.54, 1.807) is 6.07 Å². The molecule has 126 valence electrons. The Morgan fingerprint density at radius 3 is 2.00 bits per heavy atom. The van der Waals surface area contributed by atoms with Gasteiger partial charge in [-0.25, -0.2) is 0 Å². The van der Waals surface area contributed by atoms with Crippen LogP contribution < -0.4 is 4.74 Å². The number of nitrogens with zero attached hydrogens (tertiary/aromatic N) is 1. The molecule has 0 radical (unpaired) electrons. The smallest absolute Gasteiger partial charge is 0.406 e. The molecule has 8 heteroatoms. The van der Waals surface area contributed by atoms with Crippen molar-refractivity contribution in [2.45, 2.75) is 19.0 Å². The summed E-state index contributed by atoms with van der Waals surface area (Å²) in [6.07, 6.45) is -9.66. The van der Waals surface area contributed by atoms with Crippen LogP contribution in [-0.4, -0.2) is 6.36 Å². The van der Waals surface area contributed by atoms with Gasteiger partial charge in [-0.1, -0.05) is 18.2 Å². The Bertz CT molecular complexity index is 756. The van der Waals surface area contributed by atoms with Crippen molar-refractivity contribution in [1.29, 1.82) is 5.26 Å². The summed E-state index contributed by atoms with van der Waals surface area (Å²) in [6.45, 7) is 0. The van der Waals surface area contributed by atoms with Crippen molar-refractivity contribution in [3.63, 3.8) is 0 Å². The number of alkyl halides is 6. The molecule has 0 aliphatic heterocycles. The van der Waals surface area contributed by atoms with E-state index in [9.17, 15) is 26.3 Å². The van der Waals surface area contributed by atoms with Gasteiger partial charge in [0.15, 0.2) is 0 Å². The molecule has 0 N–H and O–H groups in total.